The fourth-order valence-electron chi connectivity index (χ4n) is 1.59. The minimum absolute atomic E-state index is 0.0555. The number of carbonyl (C=O) groups excluding carboxylic acids is 1. The average molecular weight is 310 g/mol. The number of benzene rings is 1. The van der Waals surface area contributed by atoms with Gasteiger partial charge < -0.3 is 4.90 Å². The maximum Gasteiger partial charge on any atom is 0.187 e. The molecule has 0 saturated carbocycles. The molecule has 0 atom stereocenters. The second kappa shape index (κ2) is 6.11. The second-order valence-corrected chi connectivity index (χ2v) is 5.10. The summed E-state index contributed by atoms with van der Waals surface area (Å²) in [5, 5.41) is 0.596. The molecule has 0 N–H and O–H groups in total. The van der Waals surface area contributed by atoms with Crippen LogP contribution in [0.4, 0.5) is 0 Å². The highest BCUT2D eigenvalue weighted by Gasteiger charge is 2.08. The van der Waals surface area contributed by atoms with Gasteiger partial charge in [-0.15, -0.1) is 0 Å². The molecule has 0 saturated heterocycles. The first-order valence-corrected chi connectivity index (χ1v) is 6.62. The summed E-state index contributed by atoms with van der Waals surface area (Å²) in [5.41, 5.74) is 1.40. The van der Waals surface area contributed by atoms with Gasteiger partial charge >= 0.3 is 0 Å². The van der Waals surface area contributed by atoms with Crippen molar-refractivity contribution in [2.24, 2.45) is 0 Å². The first-order valence-electron chi connectivity index (χ1n) is 5.87. The second-order valence-electron chi connectivity index (χ2n) is 4.39. The average Bonchev–Trinajstić information content (AvgIpc) is 2.76. The normalized spacial score (nSPS) is 11.0. The van der Waals surface area contributed by atoms with E-state index >= 15 is 0 Å². The topological polar surface area (TPSA) is 38.1 Å². The maximum atomic E-state index is 11.9. The van der Waals surface area contributed by atoms with E-state index in [1.165, 1.54) is 12.4 Å². The van der Waals surface area contributed by atoms with E-state index in [-0.39, 0.29) is 10.9 Å². The Hall–Kier alpha value is -1.78. The van der Waals surface area contributed by atoms with Crippen molar-refractivity contribution < 1.29 is 4.79 Å². The Morgan fingerprint density at radius 3 is 2.40 bits per heavy atom. The minimum Gasteiger partial charge on any atom is -0.383 e. The van der Waals surface area contributed by atoms with Gasteiger partial charge in [0.25, 0.3) is 0 Å². The summed E-state index contributed by atoms with van der Waals surface area (Å²) in [4.78, 5) is 17.6. The molecule has 0 bridgehead atoms. The number of hydrogen-bond acceptors (Lipinski definition) is 3. The van der Waals surface area contributed by atoms with Crippen LogP contribution < -0.4 is 0 Å². The van der Waals surface area contributed by atoms with Crippen molar-refractivity contribution >= 4 is 29.0 Å². The maximum absolute atomic E-state index is 11.9. The molecule has 2 rings (SSSR count). The zero-order valence-corrected chi connectivity index (χ0v) is 12.6. The minimum atomic E-state index is -0.0555. The molecule has 4 nitrogen and oxygen atoms in total. The van der Waals surface area contributed by atoms with Crippen molar-refractivity contribution in [3.63, 3.8) is 0 Å². The van der Waals surface area contributed by atoms with E-state index in [0.717, 1.165) is 5.69 Å². The van der Waals surface area contributed by atoms with Gasteiger partial charge in [-0.05, 0) is 24.3 Å². The third kappa shape index (κ3) is 3.21. The molecule has 0 aliphatic heterocycles. The van der Waals surface area contributed by atoms with E-state index < -0.39 is 0 Å². The Balaban J connectivity index is 2.22. The lowest BCUT2D eigenvalue weighted by molar-refractivity contribution is 0.104. The largest absolute Gasteiger partial charge is 0.383 e. The summed E-state index contributed by atoms with van der Waals surface area (Å²) in [5.74, 6) is -0.0555. The summed E-state index contributed by atoms with van der Waals surface area (Å²) in [6, 6.07) is 7.06. The molecule has 1 heterocycles. The Labute approximate surface area is 127 Å². The zero-order valence-electron chi connectivity index (χ0n) is 11.0. The SMILES string of the molecule is CN(C)/C=C\C(=O)c1ccc(-n2cnc(Cl)c2Cl)cc1. The van der Waals surface area contributed by atoms with E-state index in [1.54, 1.807) is 39.9 Å². The van der Waals surface area contributed by atoms with Crippen LogP contribution in [0.3, 0.4) is 0 Å². The summed E-state index contributed by atoms with van der Waals surface area (Å²) in [6.45, 7) is 0. The molecule has 0 radical (unpaired) electrons. The van der Waals surface area contributed by atoms with E-state index in [0.29, 0.717) is 10.7 Å². The van der Waals surface area contributed by atoms with Gasteiger partial charge in [-0.1, -0.05) is 23.2 Å². The third-order valence-corrected chi connectivity index (χ3v) is 3.36. The third-order valence-electron chi connectivity index (χ3n) is 2.62. The monoisotopic (exact) mass is 309 g/mol. The first kappa shape index (κ1) is 14.6. The number of aromatic nitrogens is 2. The van der Waals surface area contributed by atoms with E-state index in [9.17, 15) is 4.79 Å². The van der Waals surface area contributed by atoms with Crippen LogP contribution in [0.5, 0.6) is 0 Å². The Morgan fingerprint density at radius 1 is 1.25 bits per heavy atom. The molecule has 0 fully saturated rings. The lowest BCUT2D eigenvalue weighted by atomic mass is 10.1. The number of halogens is 2. The van der Waals surface area contributed by atoms with Gasteiger partial charge in [0.2, 0.25) is 0 Å². The standard InChI is InChI=1S/C14H13Cl2N3O/c1-18(2)8-7-12(20)10-3-5-11(6-4-10)19-9-17-13(15)14(19)16/h3-9H,1-2H3/b8-7-. The zero-order chi connectivity index (χ0) is 14.7. The van der Waals surface area contributed by atoms with Crippen LogP contribution >= 0.6 is 23.2 Å². The number of rotatable bonds is 4. The predicted molar refractivity (Wildman–Crippen MR) is 80.7 cm³/mol. The molecule has 1 aromatic carbocycles. The van der Waals surface area contributed by atoms with Gasteiger partial charge in [0.15, 0.2) is 16.1 Å². The van der Waals surface area contributed by atoms with Gasteiger partial charge in [-0.25, -0.2) is 4.98 Å². The number of ketones is 1. The van der Waals surface area contributed by atoms with Crippen LogP contribution in [-0.2, 0) is 0 Å². The molecule has 0 spiro atoms. The highest BCUT2D eigenvalue weighted by atomic mass is 35.5. The number of hydrogen-bond donors (Lipinski definition) is 0. The first-order chi connectivity index (χ1) is 9.49. The molecule has 0 amide bonds. The molecular formula is C14H13Cl2N3O. The van der Waals surface area contributed by atoms with Gasteiger partial charge in [0.1, 0.15) is 6.33 Å². The lowest BCUT2D eigenvalue weighted by Gasteiger charge is -2.05. The molecule has 1 aromatic heterocycles. The quantitative estimate of drug-likeness (QED) is 0.641. The van der Waals surface area contributed by atoms with Crippen LogP contribution in [0.1, 0.15) is 10.4 Å². The van der Waals surface area contributed by atoms with Crippen LogP contribution in [0.2, 0.25) is 10.3 Å². The highest BCUT2D eigenvalue weighted by molar-refractivity contribution is 6.40. The number of imidazole rings is 1. The Bertz CT molecular complexity index is 645. The fraction of sp³-hybridized carbons (Fsp3) is 0.143. The van der Waals surface area contributed by atoms with Gasteiger partial charge in [-0.3, -0.25) is 9.36 Å². The number of carbonyl (C=O) groups is 1. The molecule has 6 heteroatoms. The van der Waals surface area contributed by atoms with Crippen LogP contribution in [0.15, 0.2) is 42.9 Å². The summed E-state index contributed by atoms with van der Waals surface area (Å²) >= 11 is 11.8. The summed E-state index contributed by atoms with van der Waals surface area (Å²) in [7, 11) is 3.72. The smallest absolute Gasteiger partial charge is 0.187 e. The van der Waals surface area contributed by atoms with E-state index in [2.05, 4.69) is 4.98 Å². The Morgan fingerprint density at radius 2 is 1.90 bits per heavy atom. The molecular weight excluding hydrogens is 297 g/mol. The number of allylic oxidation sites excluding steroid dienone is 1. The van der Waals surface area contributed by atoms with E-state index in [4.69, 9.17) is 23.2 Å². The van der Waals surface area contributed by atoms with Crippen LogP contribution in [0.25, 0.3) is 5.69 Å². The molecule has 0 aliphatic rings. The summed E-state index contributed by atoms with van der Waals surface area (Å²) < 4.78 is 1.65. The summed E-state index contributed by atoms with van der Waals surface area (Å²) in [6.07, 6.45) is 4.77. The van der Waals surface area contributed by atoms with Crippen LogP contribution in [0, 0.1) is 0 Å². The van der Waals surface area contributed by atoms with Crippen molar-refractivity contribution in [2.75, 3.05) is 14.1 Å². The van der Waals surface area contributed by atoms with Crippen LogP contribution in [-0.4, -0.2) is 34.3 Å². The lowest BCUT2D eigenvalue weighted by Crippen LogP contribution is -2.03. The van der Waals surface area contributed by atoms with Crippen molar-refractivity contribution in [2.45, 2.75) is 0 Å². The molecule has 0 aliphatic carbocycles. The highest BCUT2D eigenvalue weighted by Crippen LogP contribution is 2.23. The Kier molecular flexibility index (Phi) is 4.47. The molecule has 20 heavy (non-hydrogen) atoms. The molecule has 104 valence electrons. The fourth-order valence-corrected chi connectivity index (χ4v) is 1.92. The number of nitrogens with zero attached hydrogens (tertiary/aromatic N) is 3. The van der Waals surface area contributed by atoms with Gasteiger partial charge in [0.05, 0.1) is 0 Å². The molecule has 0 unspecified atom stereocenters. The van der Waals surface area contributed by atoms with Gasteiger partial charge in [0, 0.05) is 37.6 Å². The van der Waals surface area contributed by atoms with Gasteiger partial charge in [-0.2, -0.15) is 0 Å². The van der Waals surface area contributed by atoms with Crippen molar-refractivity contribution in [3.8, 4) is 5.69 Å². The predicted octanol–water partition coefficient (Wildman–Crippen LogP) is 3.44. The van der Waals surface area contributed by atoms with E-state index in [1.807, 2.05) is 14.1 Å². The molecule has 2 aromatic rings. The van der Waals surface area contributed by atoms with Crippen molar-refractivity contribution in [1.29, 1.82) is 0 Å². The van der Waals surface area contributed by atoms with Crippen molar-refractivity contribution in [3.05, 3.63) is 58.7 Å². The van der Waals surface area contributed by atoms with Crippen molar-refractivity contribution in [1.82, 2.24) is 14.5 Å².